The van der Waals surface area contributed by atoms with Crippen LogP contribution in [0.15, 0.2) is 36.7 Å². The quantitative estimate of drug-likeness (QED) is 0.572. The van der Waals surface area contributed by atoms with Crippen molar-refractivity contribution in [2.75, 3.05) is 24.3 Å². The van der Waals surface area contributed by atoms with Gasteiger partial charge in [-0.15, -0.1) is 0 Å². The van der Waals surface area contributed by atoms with Gasteiger partial charge in [0.2, 0.25) is 0 Å². The van der Waals surface area contributed by atoms with Gasteiger partial charge in [-0.05, 0) is 30.7 Å². The summed E-state index contributed by atoms with van der Waals surface area (Å²) in [6.45, 7) is 3.08. The molecule has 122 valence electrons. The Morgan fingerprint density at radius 1 is 1.13 bits per heavy atom. The summed E-state index contributed by atoms with van der Waals surface area (Å²) in [6, 6.07) is 8.89. The Balaban J connectivity index is 1.95. The summed E-state index contributed by atoms with van der Waals surface area (Å²) >= 11 is 0. The van der Waals surface area contributed by atoms with Crippen LogP contribution in [0.3, 0.4) is 0 Å². The molecule has 0 spiro atoms. The molecular weight excluding hydrogens is 292 g/mol. The van der Waals surface area contributed by atoms with E-state index in [1.54, 1.807) is 12.1 Å². The number of carbonyl (C=O) groups excluding carboxylic acids is 1. The van der Waals surface area contributed by atoms with Crippen molar-refractivity contribution in [2.24, 2.45) is 0 Å². The lowest BCUT2D eigenvalue weighted by Gasteiger charge is -2.09. The molecule has 23 heavy (non-hydrogen) atoms. The Morgan fingerprint density at radius 2 is 1.87 bits per heavy atom. The third kappa shape index (κ3) is 5.25. The van der Waals surface area contributed by atoms with Crippen LogP contribution in [0.1, 0.15) is 36.5 Å². The van der Waals surface area contributed by atoms with Crippen molar-refractivity contribution in [3.05, 3.63) is 42.2 Å². The monoisotopic (exact) mass is 314 g/mol. The fourth-order valence-corrected chi connectivity index (χ4v) is 2.07. The molecule has 1 aromatic carbocycles. The van der Waals surface area contributed by atoms with Crippen LogP contribution in [0.2, 0.25) is 0 Å². The number of esters is 1. The van der Waals surface area contributed by atoms with Gasteiger partial charge in [0, 0.05) is 18.3 Å². The van der Waals surface area contributed by atoms with Crippen molar-refractivity contribution < 1.29 is 9.53 Å². The molecule has 0 aliphatic rings. The van der Waals surface area contributed by atoms with E-state index in [-0.39, 0.29) is 5.97 Å². The molecule has 6 heteroatoms. The Labute approximate surface area is 136 Å². The number of aromatic nitrogens is 2. The van der Waals surface area contributed by atoms with Crippen LogP contribution in [0.25, 0.3) is 0 Å². The highest BCUT2D eigenvalue weighted by Gasteiger charge is 2.05. The summed E-state index contributed by atoms with van der Waals surface area (Å²) in [5.74, 6) is 1.14. The average Bonchev–Trinajstić information content (AvgIpc) is 2.59. The van der Waals surface area contributed by atoms with Gasteiger partial charge in [0.05, 0.1) is 12.7 Å². The summed E-state index contributed by atoms with van der Waals surface area (Å²) in [7, 11) is 1.37. The molecule has 2 N–H and O–H groups in total. The van der Waals surface area contributed by atoms with Crippen LogP contribution < -0.4 is 10.6 Å². The zero-order valence-corrected chi connectivity index (χ0v) is 13.5. The van der Waals surface area contributed by atoms with Crippen molar-refractivity contribution in [1.29, 1.82) is 0 Å². The van der Waals surface area contributed by atoms with Crippen LogP contribution in [0.5, 0.6) is 0 Å². The molecule has 0 saturated carbocycles. The summed E-state index contributed by atoms with van der Waals surface area (Å²) in [5.41, 5.74) is 1.35. The van der Waals surface area contributed by atoms with Crippen LogP contribution in [-0.4, -0.2) is 29.6 Å². The molecule has 0 saturated heterocycles. The van der Waals surface area contributed by atoms with Crippen molar-refractivity contribution in [1.82, 2.24) is 9.97 Å². The predicted octanol–water partition coefficient (Wildman–Crippen LogP) is 3.61. The predicted molar refractivity (Wildman–Crippen MR) is 91.1 cm³/mol. The number of nitrogens with one attached hydrogen (secondary N) is 2. The molecule has 6 nitrogen and oxygen atoms in total. The molecular formula is C17H22N4O2. The van der Waals surface area contributed by atoms with Gasteiger partial charge < -0.3 is 15.4 Å². The fraction of sp³-hybridized carbons (Fsp3) is 0.353. The number of unbranched alkanes of at least 4 members (excludes halogenated alkanes) is 2. The second-order valence-corrected chi connectivity index (χ2v) is 5.12. The standard InChI is InChI=1S/C17H22N4O2/c1-3-4-5-10-18-15-11-16(20-12-19-15)21-14-8-6-13(7-9-14)17(22)23-2/h6-9,11-12H,3-5,10H2,1-2H3,(H2,18,19,20,21). The van der Waals surface area contributed by atoms with E-state index in [0.29, 0.717) is 11.4 Å². The Hall–Kier alpha value is -2.63. The normalized spacial score (nSPS) is 10.2. The van der Waals surface area contributed by atoms with Gasteiger partial charge in [-0.1, -0.05) is 19.8 Å². The number of benzene rings is 1. The van der Waals surface area contributed by atoms with Gasteiger partial charge in [0.15, 0.2) is 0 Å². The number of rotatable bonds is 8. The maximum absolute atomic E-state index is 11.4. The van der Waals surface area contributed by atoms with Gasteiger partial charge in [0.1, 0.15) is 18.0 Å². The molecule has 0 unspecified atom stereocenters. The molecule has 0 aliphatic heterocycles. The minimum absolute atomic E-state index is 0.350. The molecule has 2 aromatic rings. The highest BCUT2D eigenvalue weighted by Crippen LogP contribution is 2.17. The first-order valence-corrected chi connectivity index (χ1v) is 7.74. The topological polar surface area (TPSA) is 76.1 Å². The molecule has 0 atom stereocenters. The molecule has 0 bridgehead atoms. The van der Waals surface area contributed by atoms with E-state index in [1.807, 2.05) is 18.2 Å². The van der Waals surface area contributed by atoms with Crippen LogP contribution in [-0.2, 0) is 4.74 Å². The van der Waals surface area contributed by atoms with E-state index in [1.165, 1.54) is 26.3 Å². The van der Waals surface area contributed by atoms with E-state index < -0.39 is 0 Å². The summed E-state index contributed by atoms with van der Waals surface area (Å²) in [4.78, 5) is 19.8. The van der Waals surface area contributed by atoms with E-state index >= 15 is 0 Å². The highest BCUT2D eigenvalue weighted by molar-refractivity contribution is 5.89. The third-order valence-electron chi connectivity index (χ3n) is 3.33. The lowest BCUT2D eigenvalue weighted by Crippen LogP contribution is -2.04. The van der Waals surface area contributed by atoms with Crippen LogP contribution >= 0.6 is 0 Å². The van der Waals surface area contributed by atoms with Crippen LogP contribution in [0.4, 0.5) is 17.3 Å². The van der Waals surface area contributed by atoms with E-state index in [4.69, 9.17) is 0 Å². The lowest BCUT2D eigenvalue weighted by molar-refractivity contribution is 0.0601. The van der Waals surface area contributed by atoms with Gasteiger partial charge in [-0.25, -0.2) is 14.8 Å². The number of ether oxygens (including phenoxy) is 1. The highest BCUT2D eigenvalue weighted by atomic mass is 16.5. The lowest BCUT2D eigenvalue weighted by atomic mass is 10.2. The molecule has 0 aliphatic carbocycles. The summed E-state index contributed by atoms with van der Waals surface area (Å²) in [6.07, 6.45) is 5.04. The first-order chi connectivity index (χ1) is 11.2. The van der Waals surface area contributed by atoms with Gasteiger partial charge in [0.25, 0.3) is 0 Å². The second kappa shape index (κ2) is 8.73. The van der Waals surface area contributed by atoms with Crippen molar-refractivity contribution in [3.63, 3.8) is 0 Å². The zero-order chi connectivity index (χ0) is 16.5. The number of methoxy groups -OCH3 is 1. The van der Waals surface area contributed by atoms with Crippen molar-refractivity contribution in [3.8, 4) is 0 Å². The maximum atomic E-state index is 11.4. The SMILES string of the molecule is CCCCCNc1cc(Nc2ccc(C(=O)OC)cc2)ncn1. The molecule has 0 fully saturated rings. The molecule has 1 heterocycles. The number of carbonyl (C=O) groups is 1. The summed E-state index contributed by atoms with van der Waals surface area (Å²) in [5, 5.41) is 6.47. The molecule has 2 rings (SSSR count). The zero-order valence-electron chi connectivity index (χ0n) is 13.5. The minimum Gasteiger partial charge on any atom is -0.465 e. The average molecular weight is 314 g/mol. The fourth-order valence-electron chi connectivity index (χ4n) is 2.07. The van der Waals surface area contributed by atoms with Crippen LogP contribution in [0, 0.1) is 0 Å². The first-order valence-electron chi connectivity index (χ1n) is 7.74. The largest absolute Gasteiger partial charge is 0.465 e. The first kappa shape index (κ1) is 16.7. The van der Waals surface area contributed by atoms with Gasteiger partial charge in [-0.3, -0.25) is 0 Å². The van der Waals surface area contributed by atoms with E-state index in [9.17, 15) is 4.79 Å². The molecule has 1 aromatic heterocycles. The molecule has 0 amide bonds. The second-order valence-electron chi connectivity index (χ2n) is 5.12. The van der Waals surface area contributed by atoms with Gasteiger partial charge in [-0.2, -0.15) is 0 Å². The van der Waals surface area contributed by atoms with Crippen molar-refractivity contribution in [2.45, 2.75) is 26.2 Å². The number of anilines is 3. The smallest absolute Gasteiger partial charge is 0.337 e. The Bertz CT molecular complexity index is 629. The van der Waals surface area contributed by atoms with E-state index in [2.05, 4.69) is 32.3 Å². The summed E-state index contributed by atoms with van der Waals surface area (Å²) < 4.78 is 4.68. The van der Waals surface area contributed by atoms with E-state index in [0.717, 1.165) is 24.5 Å². The van der Waals surface area contributed by atoms with Crippen molar-refractivity contribution >= 4 is 23.3 Å². The van der Waals surface area contributed by atoms with Gasteiger partial charge >= 0.3 is 5.97 Å². The Morgan fingerprint density at radius 3 is 2.57 bits per heavy atom. The minimum atomic E-state index is -0.350. The third-order valence-corrected chi connectivity index (χ3v) is 3.33. The maximum Gasteiger partial charge on any atom is 0.337 e. The Kier molecular flexibility index (Phi) is 6.35. The number of nitrogens with zero attached hydrogens (tertiary/aromatic N) is 2. The number of hydrogen-bond donors (Lipinski definition) is 2. The molecule has 0 radical (unpaired) electrons. The number of hydrogen-bond acceptors (Lipinski definition) is 6.